The van der Waals surface area contributed by atoms with Gasteiger partial charge in [0.05, 0.1) is 5.56 Å². The van der Waals surface area contributed by atoms with Gasteiger partial charge >= 0.3 is 5.97 Å². The molecule has 0 saturated heterocycles. The highest BCUT2D eigenvalue weighted by Gasteiger charge is 2.17. The van der Waals surface area contributed by atoms with E-state index in [2.05, 4.69) is 0 Å². The Hall–Kier alpha value is -3.49. The fourth-order valence-electron chi connectivity index (χ4n) is 2.04. The Morgan fingerprint density at radius 1 is 1.15 bits per heavy atom. The first-order chi connectivity index (χ1) is 12.3. The summed E-state index contributed by atoms with van der Waals surface area (Å²) in [6, 6.07) is 6.59. The molecule has 0 fully saturated rings. The number of esters is 1. The Morgan fingerprint density at radius 3 is 2.46 bits per heavy atom. The number of halogens is 1. The quantitative estimate of drug-likeness (QED) is 0.469. The number of ketones is 1. The number of benzene rings is 1. The van der Waals surface area contributed by atoms with E-state index in [1.54, 1.807) is 7.05 Å². The fraction of sp³-hybridized carbons (Fsp3) is 0.176. The summed E-state index contributed by atoms with van der Waals surface area (Å²) in [6.45, 7) is 0.688. The van der Waals surface area contributed by atoms with Crippen LogP contribution in [0.1, 0.15) is 38.1 Å². The van der Waals surface area contributed by atoms with Crippen LogP contribution in [-0.4, -0.2) is 34.7 Å². The molecule has 2 amide bonds. The van der Waals surface area contributed by atoms with Crippen molar-refractivity contribution in [3.05, 3.63) is 59.2 Å². The van der Waals surface area contributed by atoms with E-state index in [0.717, 1.165) is 6.07 Å². The standard InChI is InChI=1S/C17H16FN3O5/c1-10(22)11-7-14(21(2)8-11)17(25)26-9-15(23)19-20-16(24)12-5-3-4-6-13(12)18/h3-8H,9H2,1-2H3,(H,19,23)(H,20,24). The molecule has 1 aromatic carbocycles. The van der Waals surface area contributed by atoms with Crippen LogP contribution in [0.2, 0.25) is 0 Å². The first-order valence-corrected chi connectivity index (χ1v) is 7.47. The number of hydrazine groups is 1. The van der Waals surface area contributed by atoms with Crippen molar-refractivity contribution in [2.45, 2.75) is 6.92 Å². The summed E-state index contributed by atoms with van der Waals surface area (Å²) in [4.78, 5) is 46.6. The zero-order chi connectivity index (χ0) is 19.3. The second-order valence-electron chi connectivity index (χ2n) is 5.34. The SMILES string of the molecule is CC(=O)c1cc(C(=O)OCC(=O)NNC(=O)c2ccccc2F)n(C)c1. The number of carbonyl (C=O) groups excluding carboxylic acids is 4. The van der Waals surface area contributed by atoms with E-state index in [-0.39, 0.29) is 17.0 Å². The number of Topliss-reactive ketones (excluding diaryl/α,β-unsaturated/α-hetero) is 1. The molecule has 8 nitrogen and oxygen atoms in total. The average molecular weight is 361 g/mol. The maximum absolute atomic E-state index is 13.4. The Bertz CT molecular complexity index is 875. The summed E-state index contributed by atoms with van der Waals surface area (Å²) in [5.41, 5.74) is 4.21. The molecule has 2 aromatic rings. The minimum absolute atomic E-state index is 0.0957. The Morgan fingerprint density at radius 2 is 1.85 bits per heavy atom. The van der Waals surface area contributed by atoms with Gasteiger partial charge in [-0.1, -0.05) is 12.1 Å². The molecule has 0 unspecified atom stereocenters. The number of nitrogens with one attached hydrogen (secondary N) is 2. The normalized spacial score (nSPS) is 10.1. The Balaban J connectivity index is 1.85. The maximum Gasteiger partial charge on any atom is 0.355 e. The minimum Gasteiger partial charge on any atom is -0.451 e. The van der Waals surface area contributed by atoms with Crippen LogP contribution in [0.5, 0.6) is 0 Å². The van der Waals surface area contributed by atoms with Gasteiger partial charge in [0.25, 0.3) is 11.8 Å². The topological polar surface area (TPSA) is 106 Å². The van der Waals surface area contributed by atoms with Crippen LogP contribution in [0, 0.1) is 5.82 Å². The average Bonchev–Trinajstić information content (AvgIpc) is 3.00. The molecular formula is C17H16FN3O5. The second kappa shape index (κ2) is 8.06. The van der Waals surface area contributed by atoms with Gasteiger partial charge in [-0.05, 0) is 25.1 Å². The van der Waals surface area contributed by atoms with Gasteiger partial charge in [-0.3, -0.25) is 25.2 Å². The lowest BCUT2D eigenvalue weighted by Gasteiger charge is -2.08. The largest absolute Gasteiger partial charge is 0.451 e. The van der Waals surface area contributed by atoms with E-state index in [1.165, 1.54) is 42.0 Å². The van der Waals surface area contributed by atoms with Crippen molar-refractivity contribution < 1.29 is 28.3 Å². The number of ether oxygens (including phenoxy) is 1. The number of hydrogen-bond acceptors (Lipinski definition) is 5. The van der Waals surface area contributed by atoms with Crippen LogP contribution in [0.25, 0.3) is 0 Å². The van der Waals surface area contributed by atoms with Crippen molar-refractivity contribution in [1.82, 2.24) is 15.4 Å². The van der Waals surface area contributed by atoms with E-state index >= 15 is 0 Å². The minimum atomic E-state index is -0.851. The van der Waals surface area contributed by atoms with Crippen LogP contribution < -0.4 is 10.9 Å². The van der Waals surface area contributed by atoms with E-state index < -0.39 is 30.2 Å². The highest BCUT2D eigenvalue weighted by Crippen LogP contribution is 2.09. The molecule has 2 N–H and O–H groups in total. The Kier molecular flexibility index (Phi) is 5.84. The van der Waals surface area contributed by atoms with Crippen molar-refractivity contribution in [2.24, 2.45) is 7.05 Å². The van der Waals surface area contributed by atoms with E-state index in [1.807, 2.05) is 10.9 Å². The molecule has 0 radical (unpaired) electrons. The van der Waals surface area contributed by atoms with Crippen LogP contribution in [0.3, 0.4) is 0 Å². The lowest BCUT2D eigenvalue weighted by molar-refractivity contribution is -0.125. The molecule has 1 heterocycles. The number of aryl methyl sites for hydroxylation is 1. The Labute approximate surface area is 147 Å². The lowest BCUT2D eigenvalue weighted by Crippen LogP contribution is -2.43. The molecule has 0 bridgehead atoms. The zero-order valence-electron chi connectivity index (χ0n) is 14.0. The monoisotopic (exact) mass is 361 g/mol. The summed E-state index contributed by atoms with van der Waals surface area (Å²) >= 11 is 0. The summed E-state index contributed by atoms with van der Waals surface area (Å²) < 4.78 is 19.7. The van der Waals surface area contributed by atoms with E-state index in [4.69, 9.17) is 4.74 Å². The summed E-state index contributed by atoms with van der Waals surface area (Å²) in [5.74, 6) is -3.43. The van der Waals surface area contributed by atoms with Crippen LogP contribution >= 0.6 is 0 Å². The van der Waals surface area contributed by atoms with Gasteiger partial charge in [-0.2, -0.15) is 0 Å². The zero-order valence-corrected chi connectivity index (χ0v) is 14.0. The summed E-state index contributed by atoms with van der Waals surface area (Å²) in [5, 5.41) is 0. The molecule has 0 saturated carbocycles. The fourth-order valence-corrected chi connectivity index (χ4v) is 2.04. The van der Waals surface area contributed by atoms with Crippen molar-refractivity contribution >= 4 is 23.6 Å². The molecular weight excluding hydrogens is 345 g/mol. The molecule has 0 aliphatic heterocycles. The van der Waals surface area contributed by atoms with Crippen LogP contribution in [0.4, 0.5) is 4.39 Å². The van der Waals surface area contributed by atoms with Gasteiger partial charge in [0.1, 0.15) is 11.5 Å². The summed E-state index contributed by atoms with van der Waals surface area (Å²) in [6.07, 6.45) is 1.47. The molecule has 9 heteroatoms. The predicted octanol–water partition coefficient (Wildman–Crippen LogP) is 0.985. The van der Waals surface area contributed by atoms with Crippen LogP contribution in [0.15, 0.2) is 36.5 Å². The number of carbonyl (C=O) groups is 4. The van der Waals surface area contributed by atoms with Crippen molar-refractivity contribution in [2.75, 3.05) is 6.61 Å². The molecule has 136 valence electrons. The first-order valence-electron chi connectivity index (χ1n) is 7.47. The third-order valence-corrected chi connectivity index (χ3v) is 3.39. The molecule has 0 aliphatic carbocycles. The number of rotatable bonds is 5. The molecule has 0 aliphatic rings. The van der Waals surface area contributed by atoms with Crippen molar-refractivity contribution in [1.29, 1.82) is 0 Å². The van der Waals surface area contributed by atoms with Crippen molar-refractivity contribution in [3.8, 4) is 0 Å². The van der Waals surface area contributed by atoms with Gasteiger partial charge in [0.15, 0.2) is 12.4 Å². The number of nitrogens with zero attached hydrogens (tertiary/aromatic N) is 1. The van der Waals surface area contributed by atoms with Gasteiger partial charge in [-0.25, -0.2) is 9.18 Å². The lowest BCUT2D eigenvalue weighted by atomic mass is 10.2. The van der Waals surface area contributed by atoms with Gasteiger partial charge < -0.3 is 9.30 Å². The molecule has 1 aromatic heterocycles. The number of hydrogen-bond donors (Lipinski definition) is 2. The predicted molar refractivity (Wildman–Crippen MR) is 87.7 cm³/mol. The van der Waals surface area contributed by atoms with E-state index in [9.17, 15) is 23.6 Å². The number of aromatic nitrogens is 1. The van der Waals surface area contributed by atoms with Gasteiger partial charge in [0.2, 0.25) is 0 Å². The van der Waals surface area contributed by atoms with E-state index in [0.29, 0.717) is 5.56 Å². The summed E-state index contributed by atoms with van der Waals surface area (Å²) in [7, 11) is 1.55. The highest BCUT2D eigenvalue weighted by molar-refractivity contribution is 5.98. The molecule has 26 heavy (non-hydrogen) atoms. The third-order valence-electron chi connectivity index (χ3n) is 3.39. The smallest absolute Gasteiger partial charge is 0.355 e. The maximum atomic E-state index is 13.4. The first kappa shape index (κ1) is 18.8. The van der Waals surface area contributed by atoms with Gasteiger partial charge in [0, 0.05) is 18.8 Å². The molecule has 0 spiro atoms. The number of amides is 2. The van der Waals surface area contributed by atoms with Gasteiger partial charge in [-0.15, -0.1) is 0 Å². The third kappa shape index (κ3) is 4.53. The van der Waals surface area contributed by atoms with Crippen LogP contribution in [-0.2, 0) is 16.6 Å². The molecule has 0 atom stereocenters. The highest BCUT2D eigenvalue weighted by atomic mass is 19.1. The molecule has 2 rings (SSSR count). The van der Waals surface area contributed by atoms with Crippen molar-refractivity contribution in [3.63, 3.8) is 0 Å². The second-order valence-corrected chi connectivity index (χ2v) is 5.34.